The van der Waals surface area contributed by atoms with Gasteiger partial charge in [0, 0.05) is 37.0 Å². The van der Waals surface area contributed by atoms with Crippen LogP contribution in [-0.4, -0.2) is 47.4 Å². The average Bonchev–Trinajstić information content (AvgIpc) is 2.72. The molecule has 104 valence electrons. The summed E-state index contributed by atoms with van der Waals surface area (Å²) < 4.78 is 0. The van der Waals surface area contributed by atoms with E-state index >= 15 is 0 Å². The second-order valence-electron chi connectivity index (χ2n) is 7.11. The van der Waals surface area contributed by atoms with Gasteiger partial charge in [-0.25, -0.2) is 0 Å². The van der Waals surface area contributed by atoms with Crippen LogP contribution >= 0.6 is 0 Å². The normalized spacial score (nSPS) is 30.1. The van der Waals surface area contributed by atoms with E-state index in [1.54, 1.807) is 0 Å². The van der Waals surface area contributed by atoms with Crippen LogP contribution in [0.5, 0.6) is 0 Å². The molecule has 2 heterocycles. The third-order valence-electron chi connectivity index (χ3n) is 4.70. The summed E-state index contributed by atoms with van der Waals surface area (Å²) in [6, 6.07) is 0. The van der Waals surface area contributed by atoms with Crippen molar-refractivity contribution in [3.8, 4) is 0 Å². The summed E-state index contributed by atoms with van der Waals surface area (Å²) in [6.45, 7) is 13.2. The maximum absolute atomic E-state index is 11.9. The molecule has 2 fully saturated rings. The molecule has 2 saturated heterocycles. The molecule has 1 spiro atoms. The molecule has 3 heteroatoms. The minimum Gasteiger partial charge on any atom is -0.342 e. The molecule has 1 atom stereocenters. The monoisotopic (exact) mass is 252 g/mol. The molecule has 0 N–H and O–H groups in total. The van der Waals surface area contributed by atoms with Crippen LogP contribution in [0.4, 0.5) is 0 Å². The van der Waals surface area contributed by atoms with Crippen molar-refractivity contribution >= 4 is 5.91 Å². The second-order valence-corrected chi connectivity index (χ2v) is 7.11. The van der Waals surface area contributed by atoms with Gasteiger partial charge in [0.1, 0.15) is 0 Å². The molecule has 3 nitrogen and oxygen atoms in total. The van der Waals surface area contributed by atoms with E-state index in [0.29, 0.717) is 17.7 Å². The van der Waals surface area contributed by atoms with Crippen LogP contribution in [0, 0.1) is 5.41 Å². The molecule has 0 aromatic carbocycles. The molecule has 18 heavy (non-hydrogen) atoms. The van der Waals surface area contributed by atoms with Gasteiger partial charge in [0.25, 0.3) is 0 Å². The lowest BCUT2D eigenvalue weighted by molar-refractivity contribution is -0.134. The smallest absolute Gasteiger partial charge is 0.222 e. The van der Waals surface area contributed by atoms with E-state index in [-0.39, 0.29) is 5.54 Å². The third-order valence-corrected chi connectivity index (χ3v) is 4.70. The summed E-state index contributed by atoms with van der Waals surface area (Å²) in [5.74, 6) is 0.336. The second kappa shape index (κ2) is 4.84. The molecule has 2 aliphatic heterocycles. The summed E-state index contributed by atoms with van der Waals surface area (Å²) in [5, 5.41) is 0. The van der Waals surface area contributed by atoms with Gasteiger partial charge >= 0.3 is 0 Å². The quantitative estimate of drug-likeness (QED) is 0.716. The lowest BCUT2D eigenvalue weighted by Crippen LogP contribution is -2.48. The Morgan fingerprint density at radius 3 is 2.44 bits per heavy atom. The first-order valence-electron chi connectivity index (χ1n) is 7.39. The van der Waals surface area contributed by atoms with Gasteiger partial charge in [-0.05, 0) is 46.6 Å². The van der Waals surface area contributed by atoms with Crippen LogP contribution in [0.2, 0.25) is 0 Å². The Morgan fingerprint density at radius 2 is 1.89 bits per heavy atom. The van der Waals surface area contributed by atoms with Gasteiger partial charge in [-0.1, -0.05) is 6.92 Å². The molecule has 0 bridgehead atoms. The highest BCUT2D eigenvalue weighted by atomic mass is 16.2. The number of carbonyl (C=O) groups is 1. The highest BCUT2D eigenvalue weighted by Crippen LogP contribution is 2.41. The number of piperidine rings is 1. The topological polar surface area (TPSA) is 23.6 Å². The first kappa shape index (κ1) is 13.9. The van der Waals surface area contributed by atoms with Gasteiger partial charge in [0.15, 0.2) is 0 Å². The molecule has 0 aromatic rings. The number of hydrogen-bond acceptors (Lipinski definition) is 2. The Kier molecular flexibility index (Phi) is 3.72. The fraction of sp³-hybridized carbons (Fsp3) is 0.933. The van der Waals surface area contributed by atoms with Gasteiger partial charge in [-0.15, -0.1) is 0 Å². The maximum Gasteiger partial charge on any atom is 0.222 e. The molecule has 2 rings (SSSR count). The van der Waals surface area contributed by atoms with Gasteiger partial charge in [-0.2, -0.15) is 0 Å². The van der Waals surface area contributed by atoms with Crippen molar-refractivity contribution in [3.63, 3.8) is 0 Å². The molecule has 0 aromatic heterocycles. The Bertz CT molecular complexity index is 321. The predicted molar refractivity (Wildman–Crippen MR) is 74.5 cm³/mol. The molecule has 2 aliphatic rings. The largest absolute Gasteiger partial charge is 0.342 e. The van der Waals surface area contributed by atoms with E-state index in [0.717, 1.165) is 13.1 Å². The zero-order valence-corrected chi connectivity index (χ0v) is 12.5. The van der Waals surface area contributed by atoms with Crippen molar-refractivity contribution in [1.82, 2.24) is 9.80 Å². The predicted octanol–water partition coefficient (Wildman–Crippen LogP) is 2.51. The minimum atomic E-state index is 0.264. The number of carbonyl (C=O) groups excluding carboxylic acids is 1. The molecule has 1 unspecified atom stereocenters. The lowest BCUT2D eigenvalue weighted by Gasteiger charge is -2.42. The molecule has 1 amide bonds. The summed E-state index contributed by atoms with van der Waals surface area (Å²) in [4.78, 5) is 16.6. The van der Waals surface area contributed by atoms with Crippen LogP contribution in [0.3, 0.4) is 0 Å². The molecular formula is C15H28N2O. The SMILES string of the molecule is CCC(=O)N1CCCC2(CCN(C(C)(C)C)C2)C1. The summed E-state index contributed by atoms with van der Waals surface area (Å²) >= 11 is 0. The van der Waals surface area contributed by atoms with Crippen molar-refractivity contribution in [3.05, 3.63) is 0 Å². The maximum atomic E-state index is 11.9. The fourth-order valence-electron chi connectivity index (χ4n) is 3.49. The van der Waals surface area contributed by atoms with Gasteiger partial charge in [0.05, 0.1) is 0 Å². The molecule has 0 radical (unpaired) electrons. The Hall–Kier alpha value is -0.570. The van der Waals surface area contributed by atoms with Crippen molar-refractivity contribution in [2.75, 3.05) is 26.2 Å². The fourth-order valence-corrected chi connectivity index (χ4v) is 3.49. The highest BCUT2D eigenvalue weighted by Gasteiger charge is 2.44. The zero-order valence-electron chi connectivity index (χ0n) is 12.5. The minimum absolute atomic E-state index is 0.264. The van der Waals surface area contributed by atoms with Gasteiger partial charge in [-0.3, -0.25) is 9.69 Å². The first-order chi connectivity index (χ1) is 8.36. The van der Waals surface area contributed by atoms with Crippen molar-refractivity contribution < 1.29 is 4.79 Å². The summed E-state index contributed by atoms with van der Waals surface area (Å²) in [7, 11) is 0. The van der Waals surface area contributed by atoms with Crippen LogP contribution in [0.25, 0.3) is 0 Å². The third kappa shape index (κ3) is 2.71. The number of nitrogens with zero attached hydrogens (tertiary/aromatic N) is 2. The Labute approximate surface area is 112 Å². The van der Waals surface area contributed by atoms with Crippen LogP contribution in [-0.2, 0) is 4.79 Å². The highest BCUT2D eigenvalue weighted by molar-refractivity contribution is 5.76. The molecular weight excluding hydrogens is 224 g/mol. The lowest BCUT2D eigenvalue weighted by atomic mass is 9.79. The number of likely N-dealkylation sites (tertiary alicyclic amines) is 2. The Morgan fingerprint density at radius 1 is 1.17 bits per heavy atom. The number of rotatable bonds is 1. The van der Waals surface area contributed by atoms with Crippen molar-refractivity contribution in [2.24, 2.45) is 5.41 Å². The van der Waals surface area contributed by atoms with Crippen LogP contribution < -0.4 is 0 Å². The van der Waals surface area contributed by atoms with Crippen LogP contribution in [0.1, 0.15) is 53.4 Å². The van der Waals surface area contributed by atoms with E-state index in [1.807, 2.05) is 6.92 Å². The van der Waals surface area contributed by atoms with Gasteiger partial charge < -0.3 is 4.90 Å². The first-order valence-corrected chi connectivity index (χ1v) is 7.39. The van der Waals surface area contributed by atoms with Gasteiger partial charge in [0.2, 0.25) is 5.91 Å². The number of hydrogen-bond donors (Lipinski definition) is 0. The average molecular weight is 252 g/mol. The van der Waals surface area contributed by atoms with E-state index in [4.69, 9.17) is 0 Å². The van der Waals surface area contributed by atoms with E-state index in [9.17, 15) is 4.79 Å². The molecule has 0 aliphatic carbocycles. The van der Waals surface area contributed by atoms with Crippen molar-refractivity contribution in [2.45, 2.75) is 58.9 Å². The standard InChI is InChI=1S/C15H28N2O/c1-5-13(18)16-9-6-7-15(11-16)8-10-17(12-15)14(2,3)4/h5-12H2,1-4H3. The Balaban J connectivity index is 2.03. The van der Waals surface area contributed by atoms with Crippen molar-refractivity contribution in [1.29, 1.82) is 0 Å². The molecule has 0 saturated carbocycles. The van der Waals surface area contributed by atoms with Crippen LogP contribution in [0.15, 0.2) is 0 Å². The summed E-state index contributed by atoms with van der Waals surface area (Å²) in [5.41, 5.74) is 0.650. The number of amides is 1. The van der Waals surface area contributed by atoms with E-state index in [1.165, 1.54) is 32.4 Å². The van der Waals surface area contributed by atoms with E-state index in [2.05, 4.69) is 30.6 Å². The van der Waals surface area contributed by atoms with E-state index < -0.39 is 0 Å². The zero-order chi connectivity index (χ0) is 13.4. The summed E-state index contributed by atoms with van der Waals surface area (Å²) in [6.07, 6.45) is 4.40.